The Balaban J connectivity index is 1.17. The van der Waals surface area contributed by atoms with E-state index >= 15 is 0 Å². The second-order valence-electron chi connectivity index (χ2n) is 18.1. The first-order chi connectivity index (χ1) is 30.4. The van der Waals surface area contributed by atoms with Gasteiger partial charge in [0.25, 0.3) is 0 Å². The molecule has 342 valence electrons. The Bertz CT molecular complexity index is 2610. The maximum atomic E-state index is 15.0. The minimum Gasteiger partial charge on any atom is -0.496 e. The van der Waals surface area contributed by atoms with E-state index in [0.29, 0.717) is 77.7 Å². The number of thiazole rings is 1. The van der Waals surface area contributed by atoms with E-state index in [-0.39, 0.29) is 50.1 Å². The summed E-state index contributed by atoms with van der Waals surface area (Å²) in [6.45, 7) is 5.89. The molecular formula is C47H52F4N4O7S2. The third-order valence-electron chi connectivity index (χ3n) is 13.1. The molecule has 5 atom stereocenters. The summed E-state index contributed by atoms with van der Waals surface area (Å²) in [5.41, 5.74) is 0.284. The van der Waals surface area contributed by atoms with E-state index in [1.807, 2.05) is 44.4 Å². The highest BCUT2D eigenvalue weighted by molar-refractivity contribution is 7.90. The molecule has 2 aromatic carbocycles. The summed E-state index contributed by atoms with van der Waals surface area (Å²) in [4.78, 5) is 55.0. The number of sulfonamides is 1. The minimum absolute atomic E-state index is 0.000824. The number of ketones is 1. The van der Waals surface area contributed by atoms with E-state index in [1.54, 1.807) is 19.2 Å². The normalized spacial score (nSPS) is 25.0. The lowest BCUT2D eigenvalue weighted by Gasteiger charge is -2.29. The number of aryl methyl sites for hydroxylation is 1. The second-order valence-corrected chi connectivity index (χ2v) is 20.9. The molecule has 2 aliphatic carbocycles. The molecule has 8 rings (SSSR count). The van der Waals surface area contributed by atoms with Gasteiger partial charge in [-0.25, -0.2) is 22.8 Å². The molecule has 0 bridgehead atoms. The average molecular weight is 925 g/mol. The van der Waals surface area contributed by atoms with Gasteiger partial charge in [0.15, 0.2) is 5.78 Å². The Morgan fingerprint density at radius 2 is 1.83 bits per heavy atom. The predicted octanol–water partition coefficient (Wildman–Crippen LogP) is 9.26. The van der Waals surface area contributed by atoms with Crippen molar-refractivity contribution in [2.45, 2.75) is 121 Å². The Hall–Kier alpha value is -4.90. The van der Waals surface area contributed by atoms with E-state index in [9.17, 15) is 40.4 Å². The van der Waals surface area contributed by atoms with Crippen LogP contribution in [0, 0.1) is 30.0 Å². The van der Waals surface area contributed by atoms with Crippen LogP contribution in [-0.4, -0.2) is 71.9 Å². The van der Waals surface area contributed by atoms with Crippen molar-refractivity contribution in [3.8, 4) is 22.2 Å². The summed E-state index contributed by atoms with van der Waals surface area (Å²) >= 11 is 1.44. The van der Waals surface area contributed by atoms with Gasteiger partial charge in [-0.15, -0.1) is 11.3 Å². The molecule has 0 unspecified atom stereocenters. The Morgan fingerprint density at radius 1 is 1.05 bits per heavy atom. The molecule has 17 heteroatoms. The number of hydrogen-bond donors (Lipinski definition) is 1. The van der Waals surface area contributed by atoms with Gasteiger partial charge in [-0.1, -0.05) is 38.8 Å². The maximum Gasteiger partial charge on any atom is 0.416 e. The van der Waals surface area contributed by atoms with Gasteiger partial charge in [0, 0.05) is 41.2 Å². The number of allylic oxidation sites excluding steroid dienone is 2. The molecule has 1 N–H and O–H groups in total. The van der Waals surface area contributed by atoms with Crippen molar-refractivity contribution in [1.29, 1.82) is 0 Å². The lowest BCUT2D eigenvalue weighted by atomic mass is 9.89. The quantitative estimate of drug-likeness (QED) is 0.122. The number of hydrogen-bond acceptors (Lipinski definition) is 10. The number of carbonyl (C=O) groups is 3. The summed E-state index contributed by atoms with van der Waals surface area (Å²) in [6.07, 6.45) is 1.63. The topological polar surface area (TPSA) is 145 Å². The fraction of sp³-hybridized carbons (Fsp3) is 0.511. The smallest absolute Gasteiger partial charge is 0.416 e. The van der Waals surface area contributed by atoms with Gasteiger partial charge in [0.2, 0.25) is 21.8 Å². The van der Waals surface area contributed by atoms with E-state index in [0.717, 1.165) is 23.4 Å². The molecule has 64 heavy (non-hydrogen) atoms. The summed E-state index contributed by atoms with van der Waals surface area (Å²) in [5, 5.41) is 2.62. The monoisotopic (exact) mass is 924 g/mol. The summed E-state index contributed by atoms with van der Waals surface area (Å²) in [7, 11) is -2.37. The first kappa shape index (κ1) is 45.7. The fourth-order valence-electron chi connectivity index (χ4n) is 9.19. The van der Waals surface area contributed by atoms with Crippen molar-refractivity contribution in [2.24, 2.45) is 17.3 Å². The van der Waals surface area contributed by atoms with E-state index in [1.165, 1.54) is 16.2 Å². The Morgan fingerprint density at radius 3 is 2.53 bits per heavy atom. The largest absolute Gasteiger partial charge is 0.496 e. The molecule has 2 aromatic heterocycles. The Labute approximate surface area is 374 Å². The number of alkyl halides is 3. The van der Waals surface area contributed by atoms with Gasteiger partial charge >= 0.3 is 6.18 Å². The standard InChI is InChI=1S/C47H52F4N4O7S2/c1-26(2)37-25-63-43(53-37)36-21-41(35-14-15-40(61-4)27(3)42(35)52-36)62-33-20-38-39(56)23-46(45(58)54-64(59,60)34-12-13-34)22-30(46)11-9-7-5-6-8-10-29(44(57)55(38)24-33)16-28-17-31(47(49,50)51)19-32(48)18-28/h9,11,14-15,17-19,21,25-26,29-30,33-34,38H,5-8,10,12-13,16,20,22-24H2,1-4H3,(H,54,58)/b11-9-/t29-,30-,33-,38+,46-/m1/s1. The lowest BCUT2D eigenvalue weighted by Crippen LogP contribution is -2.46. The first-order valence-corrected chi connectivity index (χ1v) is 24.3. The van der Waals surface area contributed by atoms with Crippen molar-refractivity contribution < 1.29 is 49.8 Å². The lowest BCUT2D eigenvalue weighted by molar-refractivity contribution is -0.142. The molecule has 4 aromatic rings. The fourth-order valence-corrected chi connectivity index (χ4v) is 11.5. The number of Topliss-reactive ketones (excluding diaryl/α,β-unsaturated/α-hetero) is 1. The molecule has 2 amide bonds. The van der Waals surface area contributed by atoms with E-state index in [4.69, 9.17) is 19.4 Å². The number of nitrogens with zero attached hydrogens (tertiary/aromatic N) is 3. The number of methoxy groups -OCH3 is 1. The van der Waals surface area contributed by atoms with Crippen LogP contribution in [-0.2, 0) is 37.0 Å². The second kappa shape index (κ2) is 17.8. The average Bonchev–Trinajstić information content (AvgIpc) is 4.11. The molecule has 4 heterocycles. The molecule has 0 radical (unpaired) electrons. The number of aromatic nitrogens is 2. The molecule has 1 saturated heterocycles. The van der Waals surface area contributed by atoms with Crippen molar-refractivity contribution in [2.75, 3.05) is 13.7 Å². The van der Waals surface area contributed by atoms with Gasteiger partial charge in [-0.05, 0) is 99.6 Å². The number of rotatable bonds is 10. The minimum atomic E-state index is -4.81. The zero-order chi connectivity index (χ0) is 45.7. The molecule has 3 fully saturated rings. The highest BCUT2D eigenvalue weighted by Crippen LogP contribution is 2.57. The SMILES string of the molecule is COc1ccc2c(O[C@@H]3C[C@H]4C(=O)C[C@]5(C(=O)NS(=O)(=O)C6CC6)C[C@H]5/C=C\CCCCC[C@H](Cc5cc(F)cc(C(F)(F)F)c5)C(=O)N4C3)cc(-c3nc(C(C)C)cs3)nc2c1C. The molecule has 2 aliphatic heterocycles. The van der Waals surface area contributed by atoms with Crippen LogP contribution in [0.4, 0.5) is 17.6 Å². The van der Waals surface area contributed by atoms with Gasteiger partial charge < -0.3 is 14.4 Å². The number of nitrogens with one attached hydrogen (secondary N) is 1. The zero-order valence-electron chi connectivity index (χ0n) is 36.2. The van der Waals surface area contributed by atoms with Crippen molar-refractivity contribution in [3.05, 3.63) is 82.1 Å². The highest BCUT2D eigenvalue weighted by atomic mass is 32.2. The number of pyridine rings is 1. The zero-order valence-corrected chi connectivity index (χ0v) is 37.8. The number of carbonyl (C=O) groups excluding carboxylic acids is 3. The van der Waals surface area contributed by atoms with Gasteiger partial charge in [0.1, 0.15) is 34.1 Å². The number of benzene rings is 2. The molecule has 2 saturated carbocycles. The van der Waals surface area contributed by atoms with Crippen LogP contribution in [0.25, 0.3) is 21.6 Å². The highest BCUT2D eigenvalue weighted by Gasteiger charge is 2.61. The Kier molecular flexibility index (Phi) is 12.7. The van der Waals surface area contributed by atoms with Gasteiger partial charge in [0.05, 0.1) is 47.1 Å². The van der Waals surface area contributed by atoms with Gasteiger partial charge in [-0.2, -0.15) is 13.2 Å². The predicted molar refractivity (Wildman–Crippen MR) is 234 cm³/mol. The van der Waals surface area contributed by atoms with Crippen molar-refractivity contribution in [3.63, 3.8) is 0 Å². The van der Waals surface area contributed by atoms with Crippen LogP contribution in [0.15, 0.2) is 53.9 Å². The van der Waals surface area contributed by atoms with Crippen LogP contribution >= 0.6 is 11.3 Å². The number of ether oxygens (including phenoxy) is 2. The number of amides is 2. The molecule has 4 aliphatic rings. The molecular weight excluding hydrogens is 873 g/mol. The third kappa shape index (κ3) is 9.56. The number of fused-ring (bicyclic) bond motifs is 3. The van der Waals surface area contributed by atoms with Crippen LogP contribution in [0.3, 0.4) is 0 Å². The van der Waals surface area contributed by atoms with E-state index in [2.05, 4.69) is 4.72 Å². The maximum absolute atomic E-state index is 15.0. The summed E-state index contributed by atoms with van der Waals surface area (Å²) in [6, 6.07) is 6.56. The van der Waals surface area contributed by atoms with Crippen LogP contribution in [0.5, 0.6) is 11.5 Å². The summed E-state index contributed by atoms with van der Waals surface area (Å²) < 4.78 is 97.0. The van der Waals surface area contributed by atoms with E-state index < -0.39 is 79.8 Å². The van der Waals surface area contributed by atoms with Crippen LogP contribution in [0.2, 0.25) is 0 Å². The third-order valence-corrected chi connectivity index (χ3v) is 15.8. The van der Waals surface area contributed by atoms with Crippen molar-refractivity contribution >= 4 is 49.9 Å². The summed E-state index contributed by atoms with van der Waals surface area (Å²) in [5.74, 6) is -2.90. The van der Waals surface area contributed by atoms with Gasteiger partial charge in [-0.3, -0.25) is 19.1 Å². The molecule has 11 nitrogen and oxygen atoms in total. The molecule has 0 spiro atoms. The number of halogens is 4. The van der Waals surface area contributed by atoms with Crippen LogP contribution < -0.4 is 14.2 Å². The first-order valence-electron chi connectivity index (χ1n) is 21.9. The van der Waals surface area contributed by atoms with Crippen LogP contribution in [0.1, 0.15) is 106 Å². The van der Waals surface area contributed by atoms with Crippen molar-refractivity contribution in [1.82, 2.24) is 19.6 Å².